The number of aliphatic hydroxyl groups excluding tert-OH is 1. The van der Waals surface area contributed by atoms with Crippen LogP contribution in [-0.4, -0.2) is 33.7 Å². The Morgan fingerprint density at radius 1 is 1.32 bits per heavy atom. The second kappa shape index (κ2) is 6.53. The van der Waals surface area contributed by atoms with Gasteiger partial charge in [-0.05, 0) is 18.1 Å². The maximum atomic E-state index is 12.1. The Balaban J connectivity index is 1.64. The van der Waals surface area contributed by atoms with Gasteiger partial charge in [0.2, 0.25) is 5.91 Å². The third kappa shape index (κ3) is 3.23. The average molecular weight is 299 g/mol. The smallest absolute Gasteiger partial charge is 0.220 e. The van der Waals surface area contributed by atoms with E-state index < -0.39 is 12.1 Å². The molecule has 3 rings (SSSR count). The lowest BCUT2D eigenvalue weighted by atomic mass is 9.98. The van der Waals surface area contributed by atoms with E-state index in [-0.39, 0.29) is 12.5 Å². The summed E-state index contributed by atoms with van der Waals surface area (Å²) in [4.78, 5) is 20.0. The second-order valence-corrected chi connectivity index (χ2v) is 5.21. The first-order chi connectivity index (χ1) is 10.7. The zero-order valence-electron chi connectivity index (χ0n) is 12.0. The molecule has 6 nitrogen and oxygen atoms in total. The zero-order valence-corrected chi connectivity index (χ0v) is 12.0. The van der Waals surface area contributed by atoms with Gasteiger partial charge in [-0.1, -0.05) is 18.2 Å². The van der Waals surface area contributed by atoms with Gasteiger partial charge in [0.25, 0.3) is 0 Å². The predicted octanol–water partition coefficient (Wildman–Crippen LogP) is 1.02. The quantitative estimate of drug-likeness (QED) is 0.880. The van der Waals surface area contributed by atoms with Crippen molar-refractivity contribution in [3.63, 3.8) is 0 Å². The van der Waals surface area contributed by atoms with E-state index >= 15 is 0 Å². The van der Waals surface area contributed by atoms with E-state index in [0.717, 1.165) is 11.1 Å². The molecule has 1 aliphatic heterocycles. The highest BCUT2D eigenvalue weighted by atomic mass is 16.5. The predicted molar refractivity (Wildman–Crippen MR) is 79.2 cm³/mol. The first-order valence-corrected chi connectivity index (χ1v) is 7.17. The Morgan fingerprint density at radius 3 is 2.91 bits per heavy atom. The molecular weight excluding hydrogens is 282 g/mol. The molecule has 1 unspecified atom stereocenters. The van der Waals surface area contributed by atoms with E-state index in [1.54, 1.807) is 12.4 Å². The second-order valence-electron chi connectivity index (χ2n) is 5.21. The monoisotopic (exact) mass is 299 g/mol. The molecule has 1 amide bonds. The molecule has 2 aromatic rings. The molecule has 2 heterocycles. The van der Waals surface area contributed by atoms with Crippen molar-refractivity contribution in [2.24, 2.45) is 0 Å². The van der Waals surface area contributed by atoms with Crippen molar-refractivity contribution in [3.05, 3.63) is 54.1 Å². The fourth-order valence-electron chi connectivity index (χ4n) is 2.48. The van der Waals surface area contributed by atoms with Gasteiger partial charge in [-0.3, -0.25) is 4.79 Å². The van der Waals surface area contributed by atoms with Crippen molar-refractivity contribution in [2.75, 3.05) is 6.61 Å². The number of para-hydroxylation sites is 1. The minimum atomic E-state index is -0.751. The number of ether oxygens (including phenoxy) is 1. The summed E-state index contributed by atoms with van der Waals surface area (Å²) in [6, 6.07) is 6.98. The van der Waals surface area contributed by atoms with Crippen LogP contribution in [0.25, 0.3) is 0 Å². The van der Waals surface area contributed by atoms with Gasteiger partial charge in [-0.15, -0.1) is 0 Å². The zero-order chi connectivity index (χ0) is 15.4. The third-order valence-electron chi connectivity index (χ3n) is 3.62. The molecule has 2 atom stereocenters. The molecule has 0 fully saturated rings. The van der Waals surface area contributed by atoms with Gasteiger partial charge in [-0.25, -0.2) is 9.97 Å². The molecule has 0 saturated carbocycles. The first-order valence-electron chi connectivity index (χ1n) is 7.17. The Hall–Kier alpha value is -2.47. The Kier molecular flexibility index (Phi) is 4.29. The molecule has 0 spiro atoms. The molecule has 1 aromatic carbocycles. The number of aryl methyl sites for hydroxylation is 1. The maximum Gasteiger partial charge on any atom is 0.220 e. The van der Waals surface area contributed by atoms with E-state index in [1.807, 2.05) is 24.3 Å². The number of amides is 1. The van der Waals surface area contributed by atoms with Gasteiger partial charge in [-0.2, -0.15) is 0 Å². The van der Waals surface area contributed by atoms with Crippen LogP contribution < -0.4 is 10.1 Å². The molecule has 0 bridgehead atoms. The Morgan fingerprint density at radius 2 is 2.09 bits per heavy atom. The summed E-state index contributed by atoms with van der Waals surface area (Å²) in [5, 5.41) is 13.0. The molecule has 0 saturated heterocycles. The van der Waals surface area contributed by atoms with Gasteiger partial charge in [0, 0.05) is 24.4 Å². The van der Waals surface area contributed by atoms with Crippen molar-refractivity contribution >= 4 is 5.91 Å². The van der Waals surface area contributed by atoms with E-state index in [0.29, 0.717) is 18.6 Å². The number of carbonyl (C=O) groups excluding carboxylic acids is 1. The van der Waals surface area contributed by atoms with Gasteiger partial charge in [0.1, 0.15) is 24.8 Å². The average Bonchev–Trinajstić information content (AvgIpc) is 2.56. The van der Waals surface area contributed by atoms with Crippen molar-refractivity contribution < 1.29 is 14.6 Å². The van der Waals surface area contributed by atoms with Crippen molar-refractivity contribution in [1.82, 2.24) is 15.3 Å². The van der Waals surface area contributed by atoms with Crippen LogP contribution in [0.1, 0.15) is 23.6 Å². The number of carbonyl (C=O) groups is 1. The molecule has 114 valence electrons. The topological polar surface area (TPSA) is 84.3 Å². The third-order valence-corrected chi connectivity index (χ3v) is 3.62. The standard InChI is InChI=1S/C16H17N3O3/c20-13-9-22-14-4-2-1-3-12(14)16(13)19-15(21)6-5-11-7-17-10-18-8-11/h1-4,7-8,10,13,16,20H,5-6,9H2,(H,19,21)/t13?,16-/m0/s1. The highest BCUT2D eigenvalue weighted by molar-refractivity contribution is 5.77. The molecule has 1 aliphatic rings. The van der Waals surface area contributed by atoms with Crippen LogP contribution in [0.5, 0.6) is 5.75 Å². The first kappa shape index (κ1) is 14.5. The largest absolute Gasteiger partial charge is 0.490 e. The van der Waals surface area contributed by atoms with Crippen LogP contribution in [0, 0.1) is 0 Å². The van der Waals surface area contributed by atoms with E-state index in [2.05, 4.69) is 15.3 Å². The van der Waals surface area contributed by atoms with Gasteiger partial charge in [0.05, 0.1) is 6.04 Å². The summed E-state index contributed by atoms with van der Waals surface area (Å²) in [7, 11) is 0. The van der Waals surface area contributed by atoms with E-state index in [1.165, 1.54) is 6.33 Å². The number of benzene rings is 1. The van der Waals surface area contributed by atoms with Crippen LogP contribution in [0.3, 0.4) is 0 Å². The van der Waals surface area contributed by atoms with Crippen LogP contribution in [0.2, 0.25) is 0 Å². The summed E-state index contributed by atoms with van der Waals surface area (Å²) in [5.74, 6) is 0.583. The van der Waals surface area contributed by atoms with Gasteiger partial charge >= 0.3 is 0 Å². The normalized spacial score (nSPS) is 19.9. The van der Waals surface area contributed by atoms with Gasteiger partial charge < -0.3 is 15.2 Å². The number of hydrogen-bond acceptors (Lipinski definition) is 5. The minimum Gasteiger partial charge on any atom is -0.490 e. The lowest BCUT2D eigenvalue weighted by Gasteiger charge is -2.31. The minimum absolute atomic E-state index is 0.121. The number of aromatic nitrogens is 2. The van der Waals surface area contributed by atoms with Crippen LogP contribution in [0.4, 0.5) is 0 Å². The number of hydrogen-bond donors (Lipinski definition) is 2. The fraction of sp³-hybridized carbons (Fsp3) is 0.312. The van der Waals surface area contributed by atoms with Crippen molar-refractivity contribution in [2.45, 2.75) is 25.0 Å². The van der Waals surface area contributed by atoms with Crippen LogP contribution >= 0.6 is 0 Å². The fourth-order valence-corrected chi connectivity index (χ4v) is 2.48. The number of fused-ring (bicyclic) bond motifs is 1. The summed E-state index contributed by atoms with van der Waals surface area (Å²) < 4.78 is 5.46. The summed E-state index contributed by atoms with van der Waals surface area (Å²) in [6.45, 7) is 0.175. The number of nitrogens with zero attached hydrogens (tertiary/aromatic N) is 2. The van der Waals surface area contributed by atoms with Crippen molar-refractivity contribution in [3.8, 4) is 5.75 Å². The van der Waals surface area contributed by atoms with Gasteiger partial charge in [0.15, 0.2) is 0 Å². The Labute approximate surface area is 128 Å². The molecular formula is C16H17N3O3. The summed E-state index contributed by atoms with van der Waals surface area (Å²) >= 11 is 0. The lowest BCUT2D eigenvalue weighted by Crippen LogP contribution is -2.42. The molecule has 1 aromatic heterocycles. The number of nitrogens with one attached hydrogen (secondary N) is 1. The van der Waals surface area contributed by atoms with E-state index in [4.69, 9.17) is 4.74 Å². The maximum absolute atomic E-state index is 12.1. The lowest BCUT2D eigenvalue weighted by molar-refractivity contribution is -0.123. The number of aliphatic hydroxyl groups is 1. The highest BCUT2D eigenvalue weighted by Crippen LogP contribution is 2.31. The molecule has 0 radical (unpaired) electrons. The molecule has 22 heavy (non-hydrogen) atoms. The molecule has 0 aliphatic carbocycles. The summed E-state index contributed by atoms with van der Waals surface area (Å²) in [5.41, 5.74) is 1.71. The van der Waals surface area contributed by atoms with E-state index in [9.17, 15) is 9.90 Å². The Bertz CT molecular complexity index is 648. The van der Waals surface area contributed by atoms with Crippen LogP contribution in [-0.2, 0) is 11.2 Å². The highest BCUT2D eigenvalue weighted by Gasteiger charge is 2.30. The molecule has 2 N–H and O–H groups in total. The van der Waals surface area contributed by atoms with Crippen LogP contribution in [0.15, 0.2) is 43.0 Å². The van der Waals surface area contributed by atoms with Crippen molar-refractivity contribution in [1.29, 1.82) is 0 Å². The summed E-state index contributed by atoms with van der Waals surface area (Å²) in [6.07, 6.45) is 4.98. The number of rotatable bonds is 4. The molecule has 6 heteroatoms. The SMILES string of the molecule is O=C(CCc1cncnc1)N[C@H]1c2ccccc2OCC1O.